The molecule has 70 valence electrons. The molecule has 0 N–H and O–H groups in total. The standard InChI is InChI=1S/C10H18O2/c1-4-7-9(8-5-2)10(11)12-6-3/h4,9H,1,5-8H2,2-3H3/i3D3,6D2. The molecule has 12 heavy (non-hydrogen) atoms. The van der Waals surface area contributed by atoms with Gasteiger partial charge in [-0.15, -0.1) is 6.58 Å². The minimum Gasteiger partial charge on any atom is -0.466 e. The predicted molar refractivity (Wildman–Crippen MR) is 49.8 cm³/mol. The van der Waals surface area contributed by atoms with Crippen molar-refractivity contribution >= 4 is 5.97 Å². The van der Waals surface area contributed by atoms with Crippen molar-refractivity contribution in [3.8, 4) is 0 Å². The van der Waals surface area contributed by atoms with E-state index in [0.29, 0.717) is 12.8 Å². The fourth-order valence-corrected chi connectivity index (χ4v) is 1.02. The molecule has 0 fully saturated rings. The van der Waals surface area contributed by atoms with Crippen molar-refractivity contribution in [2.24, 2.45) is 5.92 Å². The van der Waals surface area contributed by atoms with Crippen LogP contribution in [-0.2, 0) is 9.53 Å². The number of ether oxygens (including phenoxy) is 1. The molecule has 2 heteroatoms. The van der Waals surface area contributed by atoms with Gasteiger partial charge in [0.05, 0.1) is 15.2 Å². The van der Waals surface area contributed by atoms with E-state index in [4.69, 9.17) is 6.85 Å². The molecule has 0 aliphatic heterocycles. The van der Waals surface area contributed by atoms with Crippen LogP contribution in [0, 0.1) is 5.92 Å². The van der Waals surface area contributed by atoms with Gasteiger partial charge in [-0.2, -0.15) is 0 Å². The van der Waals surface area contributed by atoms with Crippen LogP contribution in [0.5, 0.6) is 0 Å². The maximum Gasteiger partial charge on any atom is 0.309 e. The van der Waals surface area contributed by atoms with E-state index >= 15 is 0 Å². The lowest BCUT2D eigenvalue weighted by Crippen LogP contribution is -2.16. The van der Waals surface area contributed by atoms with Crippen LogP contribution in [0.25, 0.3) is 0 Å². The average Bonchev–Trinajstić information content (AvgIpc) is 2.14. The summed E-state index contributed by atoms with van der Waals surface area (Å²) in [4.78, 5) is 11.6. The van der Waals surface area contributed by atoms with E-state index in [2.05, 4.69) is 11.3 Å². The molecule has 0 aromatic rings. The van der Waals surface area contributed by atoms with Gasteiger partial charge < -0.3 is 4.74 Å². The Kier molecular flexibility index (Phi) is 2.90. The van der Waals surface area contributed by atoms with Crippen molar-refractivity contribution in [3.05, 3.63) is 12.7 Å². The second-order valence-corrected chi connectivity index (χ2v) is 2.53. The first-order chi connectivity index (χ1) is 7.65. The molecule has 0 aliphatic rings. The van der Waals surface area contributed by atoms with E-state index in [0.717, 1.165) is 6.42 Å². The van der Waals surface area contributed by atoms with Crippen LogP contribution >= 0.6 is 0 Å². The van der Waals surface area contributed by atoms with Gasteiger partial charge in [0.2, 0.25) is 0 Å². The molecule has 1 atom stereocenters. The quantitative estimate of drug-likeness (QED) is 0.458. The van der Waals surface area contributed by atoms with Crippen molar-refractivity contribution in [2.75, 3.05) is 6.56 Å². The third-order valence-electron chi connectivity index (χ3n) is 1.57. The molecule has 0 aromatic carbocycles. The SMILES string of the molecule is [2H]C([2H])([2H])C([2H])([2H])OC(=O)C(CC=C)CCC. The minimum atomic E-state index is -2.98. The highest BCUT2D eigenvalue weighted by Crippen LogP contribution is 2.13. The van der Waals surface area contributed by atoms with Crippen molar-refractivity contribution in [2.45, 2.75) is 33.0 Å². The Hall–Kier alpha value is -0.790. The van der Waals surface area contributed by atoms with Gasteiger partial charge in [-0.25, -0.2) is 0 Å². The van der Waals surface area contributed by atoms with Crippen LogP contribution in [0.15, 0.2) is 12.7 Å². The Morgan fingerprint density at radius 3 is 3.17 bits per heavy atom. The second kappa shape index (κ2) is 6.89. The fraction of sp³-hybridized carbons (Fsp3) is 0.700. The van der Waals surface area contributed by atoms with Crippen LogP contribution in [0.2, 0.25) is 0 Å². The zero-order chi connectivity index (χ0) is 13.7. The van der Waals surface area contributed by atoms with Crippen LogP contribution in [-0.4, -0.2) is 12.5 Å². The van der Waals surface area contributed by atoms with E-state index in [9.17, 15) is 4.79 Å². The summed E-state index contributed by atoms with van der Waals surface area (Å²) in [7, 11) is 0. The summed E-state index contributed by atoms with van der Waals surface area (Å²) in [6, 6.07) is 0. The van der Waals surface area contributed by atoms with E-state index in [1.807, 2.05) is 6.92 Å². The van der Waals surface area contributed by atoms with Crippen molar-refractivity contribution in [1.29, 1.82) is 0 Å². The summed E-state index contributed by atoms with van der Waals surface area (Å²) in [6.45, 7) is -0.551. The molecule has 0 spiro atoms. The van der Waals surface area contributed by atoms with Gasteiger partial charge in [-0.3, -0.25) is 4.79 Å². The maximum atomic E-state index is 11.6. The van der Waals surface area contributed by atoms with Crippen molar-refractivity contribution in [1.82, 2.24) is 0 Å². The summed E-state index contributed by atoms with van der Waals surface area (Å²) in [5.41, 5.74) is 0. The Morgan fingerprint density at radius 2 is 2.67 bits per heavy atom. The fourth-order valence-electron chi connectivity index (χ4n) is 1.02. The molecule has 0 heterocycles. The Morgan fingerprint density at radius 1 is 1.92 bits per heavy atom. The minimum absolute atomic E-state index is 0.351. The molecule has 0 aliphatic carbocycles. The number of allylic oxidation sites excluding steroid dienone is 1. The second-order valence-electron chi connectivity index (χ2n) is 2.53. The number of rotatable bonds is 6. The summed E-state index contributed by atoms with van der Waals surface area (Å²) >= 11 is 0. The maximum absolute atomic E-state index is 11.6. The Labute approximate surface area is 81.6 Å². The predicted octanol–water partition coefficient (Wildman–Crippen LogP) is 2.54. The molecule has 0 radical (unpaired) electrons. The van der Waals surface area contributed by atoms with Crippen molar-refractivity contribution in [3.63, 3.8) is 0 Å². The summed E-state index contributed by atoms with van der Waals surface area (Å²) in [6.07, 6.45) is 3.13. The number of esters is 1. The third kappa shape index (κ3) is 4.16. The molecule has 2 nitrogen and oxygen atoms in total. The van der Waals surface area contributed by atoms with E-state index in [1.165, 1.54) is 6.08 Å². The van der Waals surface area contributed by atoms with Crippen LogP contribution in [0.1, 0.15) is 39.9 Å². The largest absolute Gasteiger partial charge is 0.466 e. The van der Waals surface area contributed by atoms with E-state index in [-0.39, 0.29) is 0 Å². The topological polar surface area (TPSA) is 26.3 Å². The highest BCUT2D eigenvalue weighted by molar-refractivity contribution is 5.72. The van der Waals surface area contributed by atoms with Gasteiger partial charge in [0.15, 0.2) is 0 Å². The smallest absolute Gasteiger partial charge is 0.309 e. The summed E-state index contributed by atoms with van der Waals surface area (Å²) < 4.78 is 39.7. The van der Waals surface area contributed by atoms with Crippen LogP contribution in [0.3, 0.4) is 0 Å². The Bertz CT molecular complexity index is 272. The highest BCUT2D eigenvalue weighted by Gasteiger charge is 2.16. The monoisotopic (exact) mass is 175 g/mol. The van der Waals surface area contributed by atoms with Crippen LogP contribution < -0.4 is 0 Å². The molecule has 0 saturated carbocycles. The van der Waals surface area contributed by atoms with Gasteiger partial charge in [0.1, 0.15) is 0 Å². The lowest BCUT2D eigenvalue weighted by atomic mass is 10.0. The van der Waals surface area contributed by atoms with Gasteiger partial charge in [-0.1, -0.05) is 19.4 Å². The number of carbonyl (C=O) groups excluding carboxylic acids is 1. The molecule has 0 bridgehead atoms. The summed E-state index contributed by atoms with van der Waals surface area (Å²) in [5.74, 6) is -1.36. The molecule has 0 amide bonds. The highest BCUT2D eigenvalue weighted by atomic mass is 16.5. The molecule has 0 aromatic heterocycles. The first-order valence-corrected chi connectivity index (χ1v) is 3.99. The molecule has 0 saturated heterocycles. The number of carbonyl (C=O) groups is 1. The van der Waals surface area contributed by atoms with Crippen molar-refractivity contribution < 1.29 is 16.4 Å². The molecular weight excluding hydrogens is 152 g/mol. The van der Waals surface area contributed by atoms with E-state index in [1.54, 1.807) is 0 Å². The third-order valence-corrected chi connectivity index (χ3v) is 1.57. The van der Waals surface area contributed by atoms with Gasteiger partial charge >= 0.3 is 5.97 Å². The molecule has 0 rings (SSSR count). The number of hydrogen-bond acceptors (Lipinski definition) is 2. The first kappa shape index (κ1) is 5.05. The van der Waals surface area contributed by atoms with E-state index < -0.39 is 25.3 Å². The molecule has 1 unspecified atom stereocenters. The zero-order valence-electron chi connectivity index (χ0n) is 12.3. The zero-order valence-corrected chi connectivity index (χ0v) is 7.30. The first-order valence-electron chi connectivity index (χ1n) is 6.49. The van der Waals surface area contributed by atoms with Gasteiger partial charge in [0, 0.05) is 4.11 Å². The molecular formula is C10H18O2. The number of hydrogen-bond donors (Lipinski definition) is 0. The summed E-state index contributed by atoms with van der Waals surface area (Å²) in [5, 5.41) is 0. The van der Waals surface area contributed by atoms with Gasteiger partial charge in [-0.05, 0) is 19.7 Å². The lowest BCUT2D eigenvalue weighted by Gasteiger charge is -2.11. The normalized spacial score (nSPS) is 20.6. The van der Waals surface area contributed by atoms with Gasteiger partial charge in [0.25, 0.3) is 0 Å². The lowest BCUT2D eigenvalue weighted by molar-refractivity contribution is -0.148. The average molecular weight is 175 g/mol. The Balaban J connectivity index is 4.64. The van der Waals surface area contributed by atoms with Crippen LogP contribution in [0.4, 0.5) is 0 Å².